The fraction of sp³-hybridized carbons (Fsp3) is 0.643. The second-order valence-electron chi connectivity index (χ2n) is 5.51. The van der Waals surface area contributed by atoms with Gasteiger partial charge in [0.15, 0.2) is 0 Å². The van der Waals surface area contributed by atoms with Crippen molar-refractivity contribution in [2.75, 3.05) is 7.11 Å². The number of methoxy groups -OCH3 is 1. The van der Waals surface area contributed by atoms with Gasteiger partial charge in [0.05, 0.1) is 12.8 Å². The van der Waals surface area contributed by atoms with E-state index in [0.29, 0.717) is 24.4 Å². The van der Waals surface area contributed by atoms with Gasteiger partial charge in [0.1, 0.15) is 5.60 Å². The summed E-state index contributed by atoms with van der Waals surface area (Å²) in [7, 11) is 0.788. The molecule has 0 radical (unpaired) electrons. The Bertz CT molecular complexity index is 489. The van der Waals surface area contributed by atoms with Gasteiger partial charge in [-0.15, -0.1) is 0 Å². The molecule has 3 heterocycles. The molecule has 2 fully saturated rings. The van der Waals surface area contributed by atoms with E-state index in [-0.39, 0.29) is 10.5 Å². The topological polar surface area (TPSA) is 59.4 Å². The summed E-state index contributed by atoms with van der Waals surface area (Å²) in [5.41, 5.74) is -0.293. The molecule has 1 aromatic heterocycles. The molecule has 0 amide bonds. The van der Waals surface area contributed by atoms with Gasteiger partial charge < -0.3 is 9.84 Å². The quantitative estimate of drug-likeness (QED) is 0.897. The first-order chi connectivity index (χ1) is 9.12. The van der Waals surface area contributed by atoms with Crippen molar-refractivity contribution >= 4 is 10.8 Å². The highest BCUT2D eigenvalue weighted by atomic mass is 32.2. The van der Waals surface area contributed by atoms with Crippen LogP contribution < -0.4 is 4.74 Å². The molecule has 2 unspecified atom stereocenters. The standard InChI is InChI=1S/C14H19NO3S/c1-18-13-7-3-6-12(15-13)14(16)8-10-4-2-5-11(9-14)19(10)17/h3,6-7,10-11,16H,2,4-5,8-9H2,1H3. The number of hydrogen-bond donors (Lipinski definition) is 1. The zero-order valence-corrected chi connectivity index (χ0v) is 11.9. The fourth-order valence-electron chi connectivity index (χ4n) is 3.28. The van der Waals surface area contributed by atoms with E-state index < -0.39 is 16.4 Å². The van der Waals surface area contributed by atoms with E-state index in [9.17, 15) is 9.32 Å². The molecular formula is C14H19NO3S. The summed E-state index contributed by atoms with van der Waals surface area (Å²) >= 11 is 0. The maximum atomic E-state index is 12.2. The second kappa shape index (κ2) is 4.87. The van der Waals surface area contributed by atoms with Crippen molar-refractivity contribution in [1.29, 1.82) is 0 Å². The molecule has 2 aliphatic heterocycles. The summed E-state index contributed by atoms with van der Waals surface area (Å²) in [5, 5.41) is 11.2. The maximum Gasteiger partial charge on any atom is 0.213 e. The van der Waals surface area contributed by atoms with Gasteiger partial charge in [0, 0.05) is 27.4 Å². The molecule has 2 saturated heterocycles. The Hall–Kier alpha value is -0.940. The van der Waals surface area contributed by atoms with Gasteiger partial charge in [-0.1, -0.05) is 12.5 Å². The van der Waals surface area contributed by atoms with Crippen LogP contribution in [0.4, 0.5) is 0 Å². The number of pyridine rings is 1. The molecular weight excluding hydrogens is 262 g/mol. The lowest BCUT2D eigenvalue weighted by Crippen LogP contribution is -2.47. The van der Waals surface area contributed by atoms with Crippen LogP contribution in [-0.4, -0.2) is 31.9 Å². The van der Waals surface area contributed by atoms with Crippen LogP contribution >= 0.6 is 0 Å². The maximum absolute atomic E-state index is 12.2. The van der Waals surface area contributed by atoms with E-state index in [0.717, 1.165) is 19.3 Å². The van der Waals surface area contributed by atoms with Crippen molar-refractivity contribution < 1.29 is 14.1 Å². The minimum Gasteiger partial charge on any atom is -0.481 e. The SMILES string of the molecule is COc1cccc(C2(O)CC3CCCC(C2)S3=O)n1. The third-order valence-electron chi connectivity index (χ3n) is 4.25. The molecule has 4 nitrogen and oxygen atoms in total. The highest BCUT2D eigenvalue weighted by molar-refractivity contribution is 7.86. The Morgan fingerprint density at radius 2 is 2.05 bits per heavy atom. The van der Waals surface area contributed by atoms with E-state index in [1.165, 1.54) is 0 Å². The average molecular weight is 281 g/mol. The van der Waals surface area contributed by atoms with Crippen molar-refractivity contribution in [2.45, 2.75) is 48.2 Å². The van der Waals surface area contributed by atoms with E-state index >= 15 is 0 Å². The predicted molar refractivity (Wildman–Crippen MR) is 73.5 cm³/mol. The molecule has 1 aromatic rings. The van der Waals surface area contributed by atoms with Gasteiger partial charge in [-0.25, -0.2) is 4.98 Å². The van der Waals surface area contributed by atoms with Crippen LogP contribution in [0.15, 0.2) is 18.2 Å². The summed E-state index contributed by atoms with van der Waals surface area (Å²) < 4.78 is 17.3. The van der Waals surface area contributed by atoms with E-state index in [2.05, 4.69) is 4.98 Å². The lowest BCUT2D eigenvalue weighted by molar-refractivity contribution is 0.00207. The van der Waals surface area contributed by atoms with Gasteiger partial charge in [-0.2, -0.15) is 0 Å². The lowest BCUT2D eigenvalue weighted by Gasteiger charge is -2.43. The molecule has 0 aromatic carbocycles. The minimum atomic E-state index is -0.946. The van der Waals surface area contributed by atoms with Crippen molar-refractivity contribution in [3.63, 3.8) is 0 Å². The van der Waals surface area contributed by atoms with Crippen molar-refractivity contribution in [3.8, 4) is 5.88 Å². The molecule has 19 heavy (non-hydrogen) atoms. The Morgan fingerprint density at radius 3 is 2.68 bits per heavy atom. The molecule has 0 saturated carbocycles. The van der Waals surface area contributed by atoms with Crippen LogP contribution in [0.3, 0.4) is 0 Å². The van der Waals surface area contributed by atoms with Crippen molar-refractivity contribution in [2.24, 2.45) is 0 Å². The Labute approximate surface area is 115 Å². The summed E-state index contributed by atoms with van der Waals surface area (Å²) in [4.78, 5) is 4.37. The molecule has 5 heteroatoms. The highest BCUT2D eigenvalue weighted by Crippen LogP contribution is 2.44. The van der Waals surface area contributed by atoms with Crippen LogP contribution in [0.1, 0.15) is 37.8 Å². The zero-order chi connectivity index (χ0) is 13.5. The predicted octanol–water partition coefficient (Wildman–Crippen LogP) is 1.74. The van der Waals surface area contributed by atoms with E-state index in [1.54, 1.807) is 13.2 Å². The van der Waals surface area contributed by atoms with Crippen molar-refractivity contribution in [3.05, 3.63) is 23.9 Å². The lowest BCUT2D eigenvalue weighted by atomic mass is 9.83. The largest absolute Gasteiger partial charge is 0.481 e. The summed E-state index contributed by atoms with van der Waals surface area (Å²) in [6, 6.07) is 5.46. The first-order valence-corrected chi connectivity index (χ1v) is 8.03. The molecule has 2 atom stereocenters. The summed E-state index contributed by atoms with van der Waals surface area (Å²) in [6.45, 7) is 0. The molecule has 0 spiro atoms. The van der Waals surface area contributed by atoms with Crippen LogP contribution in [0.2, 0.25) is 0 Å². The average Bonchev–Trinajstić information content (AvgIpc) is 2.41. The molecule has 3 rings (SSSR count). The Morgan fingerprint density at radius 1 is 1.37 bits per heavy atom. The highest BCUT2D eigenvalue weighted by Gasteiger charge is 2.47. The van der Waals surface area contributed by atoms with Gasteiger partial charge in [-0.05, 0) is 31.7 Å². The molecule has 2 aliphatic rings. The zero-order valence-electron chi connectivity index (χ0n) is 11.0. The van der Waals surface area contributed by atoms with Crippen LogP contribution in [0.25, 0.3) is 0 Å². The summed E-state index contributed by atoms with van der Waals surface area (Å²) in [5.74, 6) is 0.516. The molecule has 2 bridgehead atoms. The third-order valence-corrected chi connectivity index (χ3v) is 6.37. The first kappa shape index (κ1) is 13.1. The first-order valence-electron chi connectivity index (χ1n) is 6.76. The Balaban J connectivity index is 1.92. The van der Waals surface area contributed by atoms with Crippen molar-refractivity contribution in [1.82, 2.24) is 4.98 Å². The molecule has 0 aliphatic carbocycles. The number of aromatic nitrogens is 1. The number of aliphatic hydroxyl groups is 1. The van der Waals surface area contributed by atoms with E-state index in [1.807, 2.05) is 12.1 Å². The van der Waals surface area contributed by atoms with Gasteiger partial charge in [-0.3, -0.25) is 4.21 Å². The van der Waals surface area contributed by atoms with Crippen LogP contribution in [0, 0.1) is 0 Å². The smallest absolute Gasteiger partial charge is 0.213 e. The number of rotatable bonds is 2. The number of hydrogen-bond acceptors (Lipinski definition) is 4. The van der Waals surface area contributed by atoms with Gasteiger partial charge >= 0.3 is 0 Å². The normalized spacial score (nSPS) is 37.9. The van der Waals surface area contributed by atoms with Gasteiger partial charge in [0.25, 0.3) is 0 Å². The van der Waals surface area contributed by atoms with Crippen LogP contribution in [0.5, 0.6) is 5.88 Å². The van der Waals surface area contributed by atoms with Crippen LogP contribution in [-0.2, 0) is 16.4 Å². The summed E-state index contributed by atoms with van der Waals surface area (Å²) in [6.07, 6.45) is 4.14. The number of ether oxygens (including phenoxy) is 1. The van der Waals surface area contributed by atoms with Gasteiger partial charge in [0.2, 0.25) is 5.88 Å². The van der Waals surface area contributed by atoms with E-state index in [4.69, 9.17) is 4.74 Å². The molecule has 1 N–H and O–H groups in total. The monoisotopic (exact) mass is 281 g/mol. The fourth-order valence-corrected chi connectivity index (χ4v) is 5.50. The second-order valence-corrected chi connectivity index (χ2v) is 7.50. The third kappa shape index (κ3) is 2.30. The number of fused-ring (bicyclic) bond motifs is 2. The minimum absolute atomic E-state index is 0.116. The number of nitrogens with zero attached hydrogens (tertiary/aromatic N) is 1. The molecule has 104 valence electrons. The Kier molecular flexibility index (Phi) is 3.35.